The van der Waals surface area contributed by atoms with E-state index >= 15 is 0 Å². The molecule has 0 N–H and O–H groups in total. The summed E-state index contributed by atoms with van der Waals surface area (Å²) in [7, 11) is 0. The largest absolute Gasteiger partial charge is 0.462 e. The van der Waals surface area contributed by atoms with E-state index in [2.05, 4.69) is 6.58 Å². The van der Waals surface area contributed by atoms with Crippen molar-refractivity contribution in [1.82, 2.24) is 0 Å². The summed E-state index contributed by atoms with van der Waals surface area (Å²) in [6, 6.07) is 6.22. The zero-order valence-electron chi connectivity index (χ0n) is 12.1. The van der Waals surface area contributed by atoms with Crippen molar-refractivity contribution < 1.29 is 23.9 Å². The summed E-state index contributed by atoms with van der Waals surface area (Å²) < 4.78 is 10.1. The average molecular weight is 290 g/mol. The Kier molecular flexibility index (Phi) is 6.33. The molecular weight excluding hydrogens is 272 g/mol. The molecule has 0 saturated carbocycles. The Morgan fingerprint density at radius 3 is 2.43 bits per heavy atom. The second-order valence-electron chi connectivity index (χ2n) is 4.85. The number of esters is 2. The van der Waals surface area contributed by atoms with Crippen LogP contribution >= 0.6 is 0 Å². The molecular formula is C16H18O5. The molecule has 112 valence electrons. The summed E-state index contributed by atoms with van der Waals surface area (Å²) in [4.78, 5) is 33.4. The fourth-order valence-corrected chi connectivity index (χ4v) is 1.47. The zero-order valence-corrected chi connectivity index (χ0v) is 12.1. The molecule has 0 fully saturated rings. The molecule has 1 rings (SSSR count). The summed E-state index contributed by atoms with van der Waals surface area (Å²) >= 11 is 0. The molecule has 0 bridgehead atoms. The average Bonchev–Trinajstić information content (AvgIpc) is 2.45. The standard InChI is InChI=1S/C16H18O5/c1-11(2)16(19)20-10-12(3)8-15(18)21-14-6-4-13(9-17)5-7-14/h4-7,9,12H,1,8,10H2,2-3H3. The Morgan fingerprint density at radius 2 is 1.90 bits per heavy atom. The van der Waals surface area contributed by atoms with Crippen molar-refractivity contribution in [1.29, 1.82) is 0 Å². The van der Waals surface area contributed by atoms with Gasteiger partial charge >= 0.3 is 11.9 Å². The van der Waals surface area contributed by atoms with Crippen molar-refractivity contribution in [3.63, 3.8) is 0 Å². The van der Waals surface area contributed by atoms with Crippen LogP contribution in [0.2, 0.25) is 0 Å². The van der Waals surface area contributed by atoms with Crippen LogP contribution in [0.5, 0.6) is 5.75 Å². The Morgan fingerprint density at radius 1 is 1.29 bits per heavy atom. The van der Waals surface area contributed by atoms with Crippen LogP contribution in [0.4, 0.5) is 0 Å². The smallest absolute Gasteiger partial charge is 0.333 e. The summed E-state index contributed by atoms with van der Waals surface area (Å²) in [5.74, 6) is -0.681. The highest BCUT2D eigenvalue weighted by atomic mass is 16.5. The Bertz CT molecular complexity index is 530. The monoisotopic (exact) mass is 290 g/mol. The minimum Gasteiger partial charge on any atom is -0.462 e. The normalized spacial score (nSPS) is 11.3. The van der Waals surface area contributed by atoms with Crippen LogP contribution in [0.1, 0.15) is 30.6 Å². The van der Waals surface area contributed by atoms with Crippen LogP contribution in [0.3, 0.4) is 0 Å². The van der Waals surface area contributed by atoms with E-state index in [1.165, 1.54) is 0 Å². The lowest BCUT2D eigenvalue weighted by Gasteiger charge is -2.11. The first-order valence-electron chi connectivity index (χ1n) is 6.51. The van der Waals surface area contributed by atoms with Gasteiger partial charge in [0.1, 0.15) is 12.0 Å². The summed E-state index contributed by atoms with van der Waals surface area (Å²) in [5.41, 5.74) is 0.829. The van der Waals surface area contributed by atoms with Crippen LogP contribution in [0.15, 0.2) is 36.4 Å². The molecule has 5 heteroatoms. The number of rotatable bonds is 7. The molecule has 0 spiro atoms. The minimum atomic E-state index is -0.473. The van der Waals surface area contributed by atoms with Gasteiger partial charge in [0.25, 0.3) is 0 Å². The minimum absolute atomic E-state index is 0.124. The SMILES string of the molecule is C=C(C)C(=O)OCC(C)CC(=O)Oc1ccc(C=O)cc1. The molecule has 1 aromatic rings. The van der Waals surface area contributed by atoms with E-state index in [4.69, 9.17) is 9.47 Å². The second kappa shape index (κ2) is 7.99. The Labute approximate surface area is 123 Å². The highest BCUT2D eigenvalue weighted by Gasteiger charge is 2.14. The predicted molar refractivity (Wildman–Crippen MR) is 77.0 cm³/mol. The van der Waals surface area contributed by atoms with Crippen LogP contribution in [0.25, 0.3) is 0 Å². The van der Waals surface area contributed by atoms with Gasteiger partial charge in [-0.15, -0.1) is 0 Å². The van der Waals surface area contributed by atoms with Crippen molar-refractivity contribution in [2.24, 2.45) is 5.92 Å². The van der Waals surface area contributed by atoms with E-state index in [1.807, 2.05) is 0 Å². The molecule has 5 nitrogen and oxygen atoms in total. The van der Waals surface area contributed by atoms with Crippen LogP contribution in [-0.4, -0.2) is 24.8 Å². The summed E-state index contributed by atoms with van der Waals surface area (Å²) in [5, 5.41) is 0. The van der Waals surface area contributed by atoms with Crippen LogP contribution in [0, 0.1) is 5.92 Å². The number of carbonyl (C=O) groups excluding carboxylic acids is 3. The molecule has 0 radical (unpaired) electrons. The van der Waals surface area contributed by atoms with Gasteiger partial charge in [-0.3, -0.25) is 9.59 Å². The molecule has 0 heterocycles. The lowest BCUT2D eigenvalue weighted by atomic mass is 10.1. The van der Waals surface area contributed by atoms with E-state index in [9.17, 15) is 14.4 Å². The third kappa shape index (κ3) is 6.03. The van der Waals surface area contributed by atoms with Gasteiger partial charge in [-0.2, -0.15) is 0 Å². The first-order chi connectivity index (χ1) is 9.92. The Hall–Kier alpha value is -2.43. The number of benzene rings is 1. The van der Waals surface area contributed by atoms with Gasteiger partial charge in [0.05, 0.1) is 13.0 Å². The lowest BCUT2D eigenvalue weighted by molar-refractivity contribution is -0.143. The highest BCUT2D eigenvalue weighted by molar-refractivity contribution is 5.86. The topological polar surface area (TPSA) is 69.7 Å². The number of hydrogen-bond acceptors (Lipinski definition) is 5. The van der Waals surface area contributed by atoms with Gasteiger partial charge < -0.3 is 9.47 Å². The van der Waals surface area contributed by atoms with Crippen LogP contribution in [-0.2, 0) is 14.3 Å². The molecule has 0 aliphatic carbocycles. The van der Waals surface area contributed by atoms with Gasteiger partial charge in [0, 0.05) is 17.1 Å². The summed E-state index contributed by atoms with van der Waals surface area (Å²) in [6.45, 7) is 6.94. The molecule has 0 aliphatic heterocycles. The van der Waals surface area contributed by atoms with E-state index in [0.29, 0.717) is 23.2 Å². The van der Waals surface area contributed by atoms with Crippen molar-refractivity contribution in [3.8, 4) is 5.75 Å². The maximum absolute atomic E-state index is 11.7. The maximum Gasteiger partial charge on any atom is 0.333 e. The van der Waals surface area contributed by atoms with Crippen molar-refractivity contribution >= 4 is 18.2 Å². The molecule has 1 aromatic carbocycles. The fraction of sp³-hybridized carbons (Fsp3) is 0.312. The van der Waals surface area contributed by atoms with Gasteiger partial charge in [-0.05, 0) is 31.2 Å². The number of ether oxygens (including phenoxy) is 2. The Balaban J connectivity index is 2.40. The van der Waals surface area contributed by atoms with Gasteiger partial charge in [0.2, 0.25) is 0 Å². The van der Waals surface area contributed by atoms with E-state index in [-0.39, 0.29) is 18.9 Å². The lowest BCUT2D eigenvalue weighted by Crippen LogP contribution is -2.18. The molecule has 0 amide bonds. The quantitative estimate of drug-likeness (QED) is 0.334. The first kappa shape index (κ1) is 16.6. The predicted octanol–water partition coefficient (Wildman–Crippen LogP) is 2.55. The van der Waals surface area contributed by atoms with E-state index in [0.717, 1.165) is 0 Å². The van der Waals surface area contributed by atoms with E-state index in [1.54, 1.807) is 38.1 Å². The molecule has 21 heavy (non-hydrogen) atoms. The van der Waals surface area contributed by atoms with Gasteiger partial charge in [-0.1, -0.05) is 13.5 Å². The third-order valence-electron chi connectivity index (χ3n) is 2.61. The molecule has 0 saturated heterocycles. The zero-order chi connectivity index (χ0) is 15.8. The fourth-order valence-electron chi connectivity index (χ4n) is 1.47. The van der Waals surface area contributed by atoms with Gasteiger partial charge in [-0.25, -0.2) is 4.79 Å². The van der Waals surface area contributed by atoms with Crippen LogP contribution < -0.4 is 4.74 Å². The molecule has 1 atom stereocenters. The van der Waals surface area contributed by atoms with Crippen molar-refractivity contribution in [2.75, 3.05) is 6.61 Å². The highest BCUT2D eigenvalue weighted by Crippen LogP contribution is 2.13. The van der Waals surface area contributed by atoms with E-state index < -0.39 is 11.9 Å². The van der Waals surface area contributed by atoms with Crippen molar-refractivity contribution in [2.45, 2.75) is 20.3 Å². The summed E-state index contributed by atoms with van der Waals surface area (Å²) in [6.07, 6.45) is 0.836. The third-order valence-corrected chi connectivity index (χ3v) is 2.61. The maximum atomic E-state index is 11.7. The molecule has 0 aromatic heterocycles. The molecule has 1 unspecified atom stereocenters. The number of carbonyl (C=O) groups is 3. The molecule has 0 aliphatic rings. The first-order valence-corrected chi connectivity index (χ1v) is 6.51. The number of aldehydes is 1. The number of hydrogen-bond donors (Lipinski definition) is 0. The van der Waals surface area contributed by atoms with Crippen molar-refractivity contribution in [3.05, 3.63) is 42.0 Å². The second-order valence-corrected chi connectivity index (χ2v) is 4.85. The van der Waals surface area contributed by atoms with Gasteiger partial charge in [0.15, 0.2) is 0 Å².